The minimum atomic E-state index is 0.685. The Morgan fingerprint density at radius 1 is 1.25 bits per heavy atom. The summed E-state index contributed by atoms with van der Waals surface area (Å²) in [5.41, 5.74) is 1.29. The third-order valence-corrected chi connectivity index (χ3v) is 2.06. The molecule has 0 saturated heterocycles. The Hall–Kier alpha value is -1.04. The number of allylic oxidation sites excluding steroid dienone is 1. The summed E-state index contributed by atoms with van der Waals surface area (Å²) in [6.07, 6.45) is 5.66. The van der Waals surface area contributed by atoms with Crippen LogP contribution in [0.2, 0.25) is 0 Å². The quantitative estimate of drug-likeness (QED) is 0.631. The summed E-state index contributed by atoms with van der Waals surface area (Å²) in [4.78, 5) is 0. The zero-order valence-electron chi connectivity index (χ0n) is 7.83. The van der Waals surface area contributed by atoms with Gasteiger partial charge < -0.3 is 0 Å². The van der Waals surface area contributed by atoms with Crippen molar-refractivity contribution in [1.29, 1.82) is 0 Å². The van der Waals surface area contributed by atoms with E-state index in [-0.39, 0.29) is 0 Å². The van der Waals surface area contributed by atoms with Crippen molar-refractivity contribution in [3.05, 3.63) is 42.0 Å². The molecule has 0 heteroatoms. The van der Waals surface area contributed by atoms with Crippen molar-refractivity contribution in [3.8, 4) is 0 Å². The molecule has 0 bridgehead atoms. The van der Waals surface area contributed by atoms with E-state index in [4.69, 9.17) is 0 Å². The molecule has 0 aliphatic heterocycles. The molecule has 0 saturated carbocycles. The number of benzene rings is 1. The molecule has 0 fully saturated rings. The van der Waals surface area contributed by atoms with Crippen LogP contribution < -0.4 is 0 Å². The van der Waals surface area contributed by atoms with Gasteiger partial charge in [0.25, 0.3) is 0 Å². The molecule has 0 aliphatic carbocycles. The molecule has 0 amide bonds. The van der Waals surface area contributed by atoms with Crippen molar-refractivity contribution in [2.75, 3.05) is 0 Å². The highest BCUT2D eigenvalue weighted by atomic mass is 14.0. The second kappa shape index (κ2) is 4.76. The molecule has 0 N–H and O–H groups in total. The lowest BCUT2D eigenvalue weighted by molar-refractivity contribution is 0.701. The van der Waals surface area contributed by atoms with Crippen LogP contribution in [0, 0.1) is 5.92 Å². The van der Waals surface area contributed by atoms with Crippen molar-refractivity contribution in [1.82, 2.24) is 0 Å². The Kier molecular flexibility index (Phi) is 3.59. The van der Waals surface area contributed by atoms with Crippen molar-refractivity contribution >= 4 is 6.08 Å². The van der Waals surface area contributed by atoms with Crippen LogP contribution in [0.1, 0.15) is 25.8 Å². The van der Waals surface area contributed by atoms with Crippen LogP contribution in [0.3, 0.4) is 0 Å². The molecule has 0 radical (unpaired) electrons. The molecular formula is C12H16. The van der Waals surface area contributed by atoms with E-state index in [1.165, 1.54) is 12.0 Å². The summed E-state index contributed by atoms with van der Waals surface area (Å²) in [5, 5.41) is 0. The fraction of sp³-hybridized carbons (Fsp3) is 0.333. The zero-order valence-corrected chi connectivity index (χ0v) is 7.83. The van der Waals surface area contributed by atoms with Crippen LogP contribution in [0.25, 0.3) is 6.08 Å². The van der Waals surface area contributed by atoms with Crippen LogP contribution in [-0.4, -0.2) is 0 Å². The molecule has 0 spiro atoms. The van der Waals surface area contributed by atoms with Crippen molar-refractivity contribution in [2.24, 2.45) is 5.92 Å². The lowest BCUT2D eigenvalue weighted by atomic mass is 10.1. The summed E-state index contributed by atoms with van der Waals surface area (Å²) < 4.78 is 0. The third-order valence-electron chi connectivity index (χ3n) is 2.06. The standard InChI is InChI=1S/C12H16/c1-3-11(2)9-10-12-7-5-4-6-8-12/h4-11H,3H2,1-2H3/b10-9+/t11-/m0/s1. The molecule has 0 unspecified atom stereocenters. The number of rotatable bonds is 3. The second-order valence-electron chi connectivity index (χ2n) is 3.16. The average Bonchev–Trinajstić information content (AvgIpc) is 2.16. The van der Waals surface area contributed by atoms with Gasteiger partial charge in [0.1, 0.15) is 0 Å². The maximum absolute atomic E-state index is 2.26. The molecule has 0 aliphatic rings. The van der Waals surface area contributed by atoms with Crippen LogP contribution in [0.5, 0.6) is 0 Å². The third kappa shape index (κ3) is 2.91. The summed E-state index contributed by atoms with van der Waals surface area (Å²) in [7, 11) is 0. The highest BCUT2D eigenvalue weighted by Gasteiger charge is 1.90. The van der Waals surface area contributed by atoms with E-state index in [2.05, 4.69) is 50.3 Å². The SMILES string of the molecule is CC[C@H](C)/C=C/c1ccccc1. The number of hydrogen-bond acceptors (Lipinski definition) is 0. The summed E-state index contributed by atoms with van der Waals surface area (Å²) in [6, 6.07) is 10.4. The van der Waals surface area contributed by atoms with Gasteiger partial charge in [0.2, 0.25) is 0 Å². The van der Waals surface area contributed by atoms with Gasteiger partial charge in [-0.05, 0) is 11.5 Å². The van der Waals surface area contributed by atoms with Crippen LogP contribution in [0.4, 0.5) is 0 Å². The van der Waals surface area contributed by atoms with E-state index in [0.29, 0.717) is 5.92 Å². The highest BCUT2D eigenvalue weighted by Crippen LogP contribution is 2.07. The molecule has 12 heavy (non-hydrogen) atoms. The molecule has 1 atom stereocenters. The molecule has 1 rings (SSSR count). The number of hydrogen-bond donors (Lipinski definition) is 0. The largest absolute Gasteiger partial charge is 0.0811 e. The van der Waals surface area contributed by atoms with E-state index < -0.39 is 0 Å². The van der Waals surface area contributed by atoms with Gasteiger partial charge in [0.15, 0.2) is 0 Å². The fourth-order valence-corrected chi connectivity index (χ4v) is 0.976. The second-order valence-corrected chi connectivity index (χ2v) is 3.16. The van der Waals surface area contributed by atoms with Gasteiger partial charge in [-0.1, -0.05) is 62.8 Å². The Labute approximate surface area is 74.9 Å². The topological polar surface area (TPSA) is 0 Å². The van der Waals surface area contributed by atoms with Gasteiger partial charge in [-0.2, -0.15) is 0 Å². The first kappa shape index (κ1) is 9.05. The van der Waals surface area contributed by atoms with E-state index in [1.54, 1.807) is 0 Å². The van der Waals surface area contributed by atoms with Crippen LogP contribution >= 0.6 is 0 Å². The van der Waals surface area contributed by atoms with Gasteiger partial charge in [-0.15, -0.1) is 0 Å². The Morgan fingerprint density at radius 2 is 1.92 bits per heavy atom. The highest BCUT2D eigenvalue weighted by molar-refractivity contribution is 5.48. The monoisotopic (exact) mass is 160 g/mol. The predicted molar refractivity (Wildman–Crippen MR) is 54.9 cm³/mol. The predicted octanol–water partition coefficient (Wildman–Crippen LogP) is 3.75. The Balaban J connectivity index is 2.58. The summed E-state index contributed by atoms with van der Waals surface area (Å²) >= 11 is 0. The van der Waals surface area contributed by atoms with Crippen molar-refractivity contribution < 1.29 is 0 Å². The zero-order chi connectivity index (χ0) is 8.81. The molecule has 0 aromatic heterocycles. The molecular weight excluding hydrogens is 144 g/mol. The lowest BCUT2D eigenvalue weighted by Crippen LogP contribution is -1.83. The van der Waals surface area contributed by atoms with Crippen LogP contribution in [0.15, 0.2) is 36.4 Å². The maximum Gasteiger partial charge on any atom is -0.0260 e. The van der Waals surface area contributed by atoms with Crippen molar-refractivity contribution in [2.45, 2.75) is 20.3 Å². The minimum Gasteiger partial charge on any atom is -0.0811 e. The maximum atomic E-state index is 2.26. The average molecular weight is 160 g/mol. The first-order chi connectivity index (χ1) is 5.83. The fourth-order valence-electron chi connectivity index (χ4n) is 0.976. The van der Waals surface area contributed by atoms with Gasteiger partial charge in [-0.25, -0.2) is 0 Å². The van der Waals surface area contributed by atoms with E-state index in [9.17, 15) is 0 Å². The smallest absolute Gasteiger partial charge is 0.0260 e. The molecule has 0 heterocycles. The molecule has 1 aromatic carbocycles. The van der Waals surface area contributed by atoms with Gasteiger partial charge in [0, 0.05) is 0 Å². The van der Waals surface area contributed by atoms with Gasteiger partial charge >= 0.3 is 0 Å². The van der Waals surface area contributed by atoms with Gasteiger partial charge in [-0.3, -0.25) is 0 Å². The molecule has 0 nitrogen and oxygen atoms in total. The summed E-state index contributed by atoms with van der Waals surface area (Å²) in [5.74, 6) is 0.685. The van der Waals surface area contributed by atoms with Crippen LogP contribution in [-0.2, 0) is 0 Å². The molecule has 64 valence electrons. The first-order valence-corrected chi connectivity index (χ1v) is 4.56. The minimum absolute atomic E-state index is 0.685. The summed E-state index contributed by atoms with van der Waals surface area (Å²) in [6.45, 7) is 4.44. The Bertz CT molecular complexity index is 233. The van der Waals surface area contributed by atoms with Crippen molar-refractivity contribution in [3.63, 3.8) is 0 Å². The van der Waals surface area contributed by atoms with E-state index in [1.807, 2.05) is 6.07 Å². The van der Waals surface area contributed by atoms with Gasteiger partial charge in [0.05, 0.1) is 0 Å². The Morgan fingerprint density at radius 3 is 2.50 bits per heavy atom. The molecule has 1 aromatic rings. The van der Waals surface area contributed by atoms with E-state index >= 15 is 0 Å². The van der Waals surface area contributed by atoms with E-state index in [0.717, 1.165) is 0 Å². The first-order valence-electron chi connectivity index (χ1n) is 4.56. The normalized spacial score (nSPS) is 13.5. The lowest BCUT2D eigenvalue weighted by Gasteiger charge is -1.98.